The van der Waals surface area contributed by atoms with E-state index in [4.69, 9.17) is 10.5 Å². The van der Waals surface area contributed by atoms with Crippen LogP contribution in [-0.4, -0.2) is 46.2 Å². The molecule has 0 atom stereocenters. The quantitative estimate of drug-likeness (QED) is 0.647. The number of rotatable bonds is 4. The fourth-order valence-electron chi connectivity index (χ4n) is 1.86. The predicted octanol–water partition coefficient (Wildman–Crippen LogP) is -0.877. The van der Waals surface area contributed by atoms with E-state index in [2.05, 4.69) is 10.4 Å². The summed E-state index contributed by atoms with van der Waals surface area (Å²) < 4.78 is 6.63. The summed E-state index contributed by atoms with van der Waals surface area (Å²) in [5.41, 5.74) is 5.17. The highest BCUT2D eigenvalue weighted by Gasteiger charge is 2.30. The zero-order chi connectivity index (χ0) is 13.0. The van der Waals surface area contributed by atoms with Crippen molar-refractivity contribution >= 4 is 11.6 Å². The summed E-state index contributed by atoms with van der Waals surface area (Å²) in [5.74, 6) is -0.196. The van der Waals surface area contributed by atoms with E-state index in [1.165, 1.54) is 10.9 Å². The van der Waals surface area contributed by atoms with Crippen molar-refractivity contribution in [2.45, 2.75) is 25.0 Å². The van der Waals surface area contributed by atoms with Crippen molar-refractivity contribution in [1.29, 1.82) is 0 Å². The molecule has 100 valence electrons. The SMILES string of the molecule is Nc1cnn(CC(=O)NCC2(O)CCOCC2)c1. The van der Waals surface area contributed by atoms with Gasteiger partial charge < -0.3 is 20.9 Å². The molecule has 2 rings (SSSR count). The van der Waals surface area contributed by atoms with E-state index >= 15 is 0 Å². The molecule has 4 N–H and O–H groups in total. The Labute approximate surface area is 105 Å². The summed E-state index contributed by atoms with van der Waals surface area (Å²) in [6, 6.07) is 0. The molecule has 0 aromatic carbocycles. The van der Waals surface area contributed by atoms with Crippen molar-refractivity contribution < 1.29 is 14.6 Å². The summed E-state index contributed by atoms with van der Waals surface area (Å²) >= 11 is 0. The summed E-state index contributed by atoms with van der Waals surface area (Å²) in [6.45, 7) is 1.40. The number of aromatic nitrogens is 2. The summed E-state index contributed by atoms with van der Waals surface area (Å²) in [5, 5.41) is 16.8. The molecule has 18 heavy (non-hydrogen) atoms. The van der Waals surface area contributed by atoms with Crippen LogP contribution < -0.4 is 11.1 Å². The molecule has 2 heterocycles. The number of nitrogens with two attached hydrogens (primary N) is 1. The molecule has 0 bridgehead atoms. The minimum Gasteiger partial charge on any atom is -0.396 e. The number of nitrogens with one attached hydrogen (secondary N) is 1. The van der Waals surface area contributed by atoms with E-state index in [9.17, 15) is 9.90 Å². The topological polar surface area (TPSA) is 102 Å². The molecular formula is C11H18N4O3. The van der Waals surface area contributed by atoms with E-state index in [0.717, 1.165) is 0 Å². The molecule has 0 unspecified atom stereocenters. The van der Waals surface area contributed by atoms with E-state index in [1.54, 1.807) is 6.20 Å². The Kier molecular flexibility index (Phi) is 3.83. The van der Waals surface area contributed by atoms with Gasteiger partial charge in [-0.15, -0.1) is 0 Å². The highest BCUT2D eigenvalue weighted by Crippen LogP contribution is 2.19. The van der Waals surface area contributed by atoms with Crippen LogP contribution in [0.4, 0.5) is 5.69 Å². The van der Waals surface area contributed by atoms with Crippen molar-refractivity contribution in [1.82, 2.24) is 15.1 Å². The van der Waals surface area contributed by atoms with E-state index in [-0.39, 0.29) is 19.0 Å². The molecule has 1 aromatic rings. The van der Waals surface area contributed by atoms with Gasteiger partial charge in [0.2, 0.25) is 5.91 Å². The molecule has 1 aliphatic rings. The number of nitrogens with zero attached hydrogens (tertiary/aromatic N) is 2. The van der Waals surface area contributed by atoms with Gasteiger partial charge in [0.1, 0.15) is 6.54 Å². The molecule has 7 heteroatoms. The Morgan fingerprint density at radius 3 is 2.94 bits per heavy atom. The Balaban J connectivity index is 1.77. The average molecular weight is 254 g/mol. The van der Waals surface area contributed by atoms with Crippen molar-refractivity contribution in [3.8, 4) is 0 Å². The first-order valence-corrected chi connectivity index (χ1v) is 5.92. The average Bonchev–Trinajstić information content (AvgIpc) is 2.73. The molecule has 1 fully saturated rings. The fraction of sp³-hybridized carbons (Fsp3) is 0.636. The summed E-state index contributed by atoms with van der Waals surface area (Å²) in [7, 11) is 0. The molecular weight excluding hydrogens is 236 g/mol. The lowest BCUT2D eigenvalue weighted by Crippen LogP contribution is -2.47. The third-order valence-electron chi connectivity index (χ3n) is 3.00. The Hall–Kier alpha value is -1.60. The predicted molar refractivity (Wildman–Crippen MR) is 64.7 cm³/mol. The van der Waals surface area contributed by atoms with Crippen molar-refractivity contribution in [2.75, 3.05) is 25.5 Å². The van der Waals surface area contributed by atoms with Crippen LogP contribution in [0.15, 0.2) is 12.4 Å². The number of amides is 1. The highest BCUT2D eigenvalue weighted by molar-refractivity contribution is 5.75. The smallest absolute Gasteiger partial charge is 0.241 e. The van der Waals surface area contributed by atoms with Gasteiger partial charge in [-0.1, -0.05) is 0 Å². The van der Waals surface area contributed by atoms with Gasteiger partial charge in [0, 0.05) is 38.8 Å². The van der Waals surface area contributed by atoms with Crippen LogP contribution in [0.25, 0.3) is 0 Å². The van der Waals surface area contributed by atoms with Gasteiger partial charge >= 0.3 is 0 Å². The minimum absolute atomic E-state index is 0.101. The summed E-state index contributed by atoms with van der Waals surface area (Å²) in [4.78, 5) is 11.7. The Morgan fingerprint density at radius 1 is 1.61 bits per heavy atom. The summed E-state index contributed by atoms with van der Waals surface area (Å²) in [6.07, 6.45) is 4.16. The number of carbonyl (C=O) groups excluding carboxylic acids is 1. The van der Waals surface area contributed by atoms with Crippen LogP contribution >= 0.6 is 0 Å². The first kappa shape index (κ1) is 12.8. The molecule has 1 aromatic heterocycles. The van der Waals surface area contributed by atoms with Gasteiger partial charge in [0.25, 0.3) is 0 Å². The molecule has 1 aliphatic heterocycles. The molecule has 0 aliphatic carbocycles. The number of carbonyl (C=O) groups is 1. The minimum atomic E-state index is -0.850. The van der Waals surface area contributed by atoms with Gasteiger partial charge in [-0.05, 0) is 0 Å². The van der Waals surface area contributed by atoms with Crippen molar-refractivity contribution in [3.05, 3.63) is 12.4 Å². The van der Waals surface area contributed by atoms with Crippen molar-refractivity contribution in [3.63, 3.8) is 0 Å². The lowest BCUT2D eigenvalue weighted by atomic mass is 9.94. The van der Waals surface area contributed by atoms with E-state index in [1.807, 2.05) is 0 Å². The molecule has 0 spiro atoms. The first-order valence-electron chi connectivity index (χ1n) is 5.92. The Bertz CT molecular complexity index is 412. The van der Waals surface area contributed by atoms with Crippen LogP contribution in [0.2, 0.25) is 0 Å². The van der Waals surface area contributed by atoms with Crippen LogP contribution in [0, 0.1) is 0 Å². The number of ether oxygens (including phenoxy) is 1. The molecule has 1 saturated heterocycles. The van der Waals surface area contributed by atoms with Crippen LogP contribution in [0.5, 0.6) is 0 Å². The fourth-order valence-corrected chi connectivity index (χ4v) is 1.86. The van der Waals surface area contributed by atoms with Crippen LogP contribution in [0.3, 0.4) is 0 Å². The lowest BCUT2D eigenvalue weighted by molar-refractivity contribution is -0.124. The van der Waals surface area contributed by atoms with Gasteiger partial charge in [-0.3, -0.25) is 9.48 Å². The molecule has 0 radical (unpaired) electrons. The third-order valence-corrected chi connectivity index (χ3v) is 3.00. The maximum atomic E-state index is 11.7. The van der Waals surface area contributed by atoms with Gasteiger partial charge in [-0.2, -0.15) is 5.10 Å². The lowest BCUT2D eigenvalue weighted by Gasteiger charge is -2.32. The second kappa shape index (κ2) is 5.36. The maximum absolute atomic E-state index is 11.7. The zero-order valence-electron chi connectivity index (χ0n) is 10.1. The van der Waals surface area contributed by atoms with Crippen LogP contribution in [-0.2, 0) is 16.1 Å². The normalized spacial score (nSPS) is 18.5. The maximum Gasteiger partial charge on any atom is 0.241 e. The van der Waals surface area contributed by atoms with Crippen molar-refractivity contribution in [2.24, 2.45) is 0 Å². The number of aliphatic hydroxyl groups is 1. The second-order valence-corrected chi connectivity index (χ2v) is 4.58. The first-order chi connectivity index (χ1) is 8.57. The molecule has 7 nitrogen and oxygen atoms in total. The number of hydrogen-bond acceptors (Lipinski definition) is 5. The number of hydrogen-bond donors (Lipinski definition) is 3. The second-order valence-electron chi connectivity index (χ2n) is 4.58. The monoisotopic (exact) mass is 254 g/mol. The number of anilines is 1. The standard InChI is InChI=1S/C11H18N4O3/c12-9-5-14-15(6-9)7-10(16)13-8-11(17)1-3-18-4-2-11/h5-6,17H,1-4,7-8,12H2,(H,13,16). The zero-order valence-corrected chi connectivity index (χ0v) is 10.1. The highest BCUT2D eigenvalue weighted by atomic mass is 16.5. The molecule has 0 saturated carbocycles. The number of nitrogen functional groups attached to an aromatic ring is 1. The largest absolute Gasteiger partial charge is 0.396 e. The van der Waals surface area contributed by atoms with Gasteiger partial charge in [0.15, 0.2) is 0 Å². The van der Waals surface area contributed by atoms with E-state index in [0.29, 0.717) is 31.7 Å². The van der Waals surface area contributed by atoms with Gasteiger partial charge in [0.05, 0.1) is 17.5 Å². The van der Waals surface area contributed by atoms with Crippen LogP contribution in [0.1, 0.15) is 12.8 Å². The van der Waals surface area contributed by atoms with E-state index < -0.39 is 5.60 Å². The third kappa shape index (κ3) is 3.44. The molecule has 1 amide bonds. The van der Waals surface area contributed by atoms with Gasteiger partial charge in [-0.25, -0.2) is 0 Å². The Morgan fingerprint density at radius 2 is 2.33 bits per heavy atom.